The molecule has 14 heteroatoms. The highest BCUT2D eigenvalue weighted by atomic mass is 35.5. The van der Waals surface area contributed by atoms with Gasteiger partial charge < -0.3 is 25.0 Å². The number of nitrogens with one attached hydrogen (secondary N) is 2. The normalized spacial score (nSPS) is 18.5. The van der Waals surface area contributed by atoms with Crippen LogP contribution < -0.4 is 15.0 Å². The average Bonchev–Trinajstić information content (AvgIpc) is 3.58. The Bertz CT molecular complexity index is 2010. The highest BCUT2D eigenvalue weighted by Crippen LogP contribution is 2.42. The maximum Gasteiger partial charge on any atom is 0.319 e. The number of amides is 1. The lowest BCUT2D eigenvalue weighted by Crippen LogP contribution is -2.43. The van der Waals surface area contributed by atoms with E-state index < -0.39 is 17.5 Å². The summed E-state index contributed by atoms with van der Waals surface area (Å²) in [6, 6.07) is 5.39. The van der Waals surface area contributed by atoms with Crippen molar-refractivity contribution in [3.05, 3.63) is 58.9 Å². The molecule has 0 unspecified atom stereocenters. The molecule has 11 nitrogen and oxygen atoms in total. The molecule has 0 aliphatic carbocycles. The first kappa shape index (κ1) is 32.9. The minimum Gasteiger partial charge on any atom is -0.508 e. The van der Waals surface area contributed by atoms with Crippen molar-refractivity contribution in [2.45, 2.75) is 37.6 Å². The van der Waals surface area contributed by atoms with Crippen LogP contribution in [0.1, 0.15) is 32.1 Å². The van der Waals surface area contributed by atoms with E-state index in [2.05, 4.69) is 20.2 Å². The number of nitrogens with zero attached hydrogens (tertiary/aromatic N) is 6. The summed E-state index contributed by atoms with van der Waals surface area (Å²) in [5, 5.41) is 22.9. The minimum atomic E-state index is -0.804. The molecular formula is C35H37ClF2N8O3. The van der Waals surface area contributed by atoms with Gasteiger partial charge in [0.15, 0.2) is 5.82 Å². The van der Waals surface area contributed by atoms with E-state index in [-0.39, 0.29) is 56.7 Å². The fraction of sp³-hybridized carbons (Fsp3) is 0.400. The Morgan fingerprint density at radius 1 is 1.16 bits per heavy atom. The molecule has 0 atom stereocenters. The first-order valence-corrected chi connectivity index (χ1v) is 16.8. The molecule has 0 bridgehead atoms. The Morgan fingerprint density at radius 3 is 2.69 bits per heavy atom. The third-order valence-electron chi connectivity index (χ3n) is 9.74. The lowest BCUT2D eigenvalue weighted by Gasteiger charge is -2.31. The third-order valence-corrected chi connectivity index (χ3v) is 10.1. The van der Waals surface area contributed by atoms with Crippen LogP contribution in [-0.2, 0) is 4.79 Å². The standard InChI is InChI=1S/C35H37ClF2N8O3/c1-44(2)33(48)26(39)15-21-18-45(11-5-10-40-21)32-24-17-41-30(23-16-22(47)14-20-6-7-25(37)28(36)27(20)23)29(38)31(24)42-34(43-32)49-19-35-8-3-12-46(35)13-4-9-35/h6-7,14-17,39-40,47H,3-5,8-13,18-19H2,1-2H3/b21-15-,39-26?. The molecule has 1 amide bonds. The molecule has 2 aromatic heterocycles. The van der Waals surface area contributed by atoms with Crippen LogP contribution in [0, 0.1) is 17.0 Å². The SMILES string of the molecule is CN(C)C(=O)C(=N)/C=C1/CN(c2nc(OCC34CCCN3CCC4)nc3c(F)c(-c4cc(O)cc5ccc(F)c(Cl)c45)ncc23)CCCN1. The second kappa shape index (κ2) is 13.0. The number of anilines is 1. The molecule has 3 aliphatic heterocycles. The number of aromatic hydroxyl groups is 1. The van der Waals surface area contributed by atoms with Crippen LogP contribution in [0.5, 0.6) is 11.8 Å². The van der Waals surface area contributed by atoms with Crippen molar-refractivity contribution in [1.82, 2.24) is 30.1 Å². The fourth-order valence-corrected chi connectivity index (χ4v) is 7.63. The number of aromatic nitrogens is 3. The largest absolute Gasteiger partial charge is 0.508 e. The summed E-state index contributed by atoms with van der Waals surface area (Å²) in [6.45, 7) is 3.76. The zero-order chi connectivity index (χ0) is 34.4. The van der Waals surface area contributed by atoms with Crippen molar-refractivity contribution in [3.63, 3.8) is 0 Å². The van der Waals surface area contributed by atoms with Crippen LogP contribution in [0.4, 0.5) is 14.6 Å². The Balaban J connectivity index is 1.35. The van der Waals surface area contributed by atoms with Gasteiger partial charge in [0.05, 0.1) is 22.5 Å². The summed E-state index contributed by atoms with van der Waals surface area (Å²) in [5.74, 6) is -1.70. The number of phenols is 1. The summed E-state index contributed by atoms with van der Waals surface area (Å²) in [7, 11) is 3.18. The highest BCUT2D eigenvalue weighted by Gasteiger charge is 2.45. The van der Waals surface area contributed by atoms with E-state index in [1.54, 1.807) is 14.1 Å². The van der Waals surface area contributed by atoms with Crippen molar-refractivity contribution in [2.75, 3.05) is 58.3 Å². The van der Waals surface area contributed by atoms with Gasteiger partial charge in [-0.1, -0.05) is 17.7 Å². The van der Waals surface area contributed by atoms with Crippen LogP contribution >= 0.6 is 11.6 Å². The molecular weight excluding hydrogens is 654 g/mol. The first-order chi connectivity index (χ1) is 23.5. The molecule has 0 saturated carbocycles. The number of benzene rings is 2. The van der Waals surface area contributed by atoms with Crippen molar-refractivity contribution in [3.8, 4) is 23.0 Å². The number of rotatable bonds is 7. The average molecular weight is 691 g/mol. The Kier molecular flexibility index (Phi) is 8.74. The second-order valence-electron chi connectivity index (χ2n) is 13.2. The van der Waals surface area contributed by atoms with Crippen LogP contribution in [0.15, 0.2) is 42.2 Å². The number of phenolic OH excluding ortho intramolecular Hbond substituents is 1. The van der Waals surface area contributed by atoms with Crippen molar-refractivity contribution in [1.29, 1.82) is 5.41 Å². The molecule has 256 valence electrons. The molecule has 3 aliphatic rings. The van der Waals surface area contributed by atoms with Crippen molar-refractivity contribution in [2.24, 2.45) is 0 Å². The van der Waals surface area contributed by atoms with Crippen LogP contribution in [0.3, 0.4) is 0 Å². The summed E-state index contributed by atoms with van der Waals surface area (Å²) < 4.78 is 37.9. The zero-order valence-electron chi connectivity index (χ0n) is 27.3. The summed E-state index contributed by atoms with van der Waals surface area (Å²) in [6.07, 6.45) is 7.83. The van der Waals surface area contributed by atoms with Gasteiger partial charge in [-0.3, -0.25) is 20.1 Å². The molecule has 3 N–H and O–H groups in total. The van der Waals surface area contributed by atoms with Gasteiger partial charge in [0.2, 0.25) is 0 Å². The molecule has 49 heavy (non-hydrogen) atoms. The van der Waals surface area contributed by atoms with Crippen molar-refractivity contribution >= 4 is 50.7 Å². The first-order valence-electron chi connectivity index (χ1n) is 16.4. The lowest BCUT2D eigenvalue weighted by atomic mass is 9.95. The fourth-order valence-electron chi connectivity index (χ4n) is 7.36. The number of carbonyl (C=O) groups excluding carboxylic acids is 1. The second-order valence-corrected chi connectivity index (χ2v) is 13.5. The number of hydrogen-bond donors (Lipinski definition) is 3. The maximum atomic E-state index is 16.9. The Labute approximate surface area is 287 Å². The van der Waals surface area contributed by atoms with E-state index in [0.717, 1.165) is 38.8 Å². The molecule has 0 radical (unpaired) electrons. The molecule has 3 saturated heterocycles. The van der Waals surface area contributed by atoms with Gasteiger partial charge in [-0.25, -0.2) is 8.78 Å². The number of pyridine rings is 1. The van der Waals surface area contributed by atoms with Gasteiger partial charge in [-0.15, -0.1) is 0 Å². The highest BCUT2D eigenvalue weighted by molar-refractivity contribution is 6.42. The van der Waals surface area contributed by atoms with Crippen LogP contribution in [0.2, 0.25) is 5.02 Å². The Morgan fingerprint density at radius 2 is 1.94 bits per heavy atom. The summed E-state index contributed by atoms with van der Waals surface area (Å²) in [4.78, 5) is 32.1. The van der Waals surface area contributed by atoms with Gasteiger partial charge in [0.25, 0.3) is 5.91 Å². The van der Waals surface area contributed by atoms with E-state index in [9.17, 15) is 14.3 Å². The van der Waals surface area contributed by atoms with Crippen molar-refractivity contribution < 1.29 is 23.4 Å². The molecule has 4 aromatic rings. The van der Waals surface area contributed by atoms with Gasteiger partial charge in [-0.05, 0) is 74.9 Å². The van der Waals surface area contributed by atoms with Crippen LogP contribution in [-0.4, -0.2) is 100 Å². The van der Waals surface area contributed by atoms with Gasteiger partial charge in [0, 0.05) is 50.0 Å². The Hall–Kier alpha value is -4.62. The minimum absolute atomic E-state index is 0.00906. The predicted octanol–water partition coefficient (Wildman–Crippen LogP) is 5.28. The van der Waals surface area contributed by atoms with E-state index >= 15 is 4.39 Å². The summed E-state index contributed by atoms with van der Waals surface area (Å²) in [5.41, 5.74) is 0.242. The van der Waals surface area contributed by atoms with Gasteiger partial charge in [0.1, 0.15) is 40.9 Å². The number of hydrogen-bond acceptors (Lipinski definition) is 10. The molecule has 3 fully saturated rings. The van der Waals surface area contributed by atoms with E-state index in [1.807, 2.05) is 4.90 Å². The van der Waals surface area contributed by atoms with E-state index in [4.69, 9.17) is 26.7 Å². The topological polar surface area (TPSA) is 131 Å². The quantitative estimate of drug-likeness (QED) is 0.222. The molecule has 0 spiro atoms. The maximum absolute atomic E-state index is 16.9. The smallest absolute Gasteiger partial charge is 0.319 e. The molecule has 2 aromatic carbocycles. The number of ether oxygens (including phenoxy) is 1. The van der Waals surface area contributed by atoms with Gasteiger partial charge in [-0.2, -0.15) is 9.97 Å². The van der Waals surface area contributed by atoms with Gasteiger partial charge >= 0.3 is 6.01 Å². The van der Waals surface area contributed by atoms with E-state index in [1.165, 1.54) is 41.4 Å². The molecule has 7 rings (SSSR count). The van der Waals surface area contributed by atoms with Crippen LogP contribution in [0.25, 0.3) is 32.9 Å². The zero-order valence-corrected chi connectivity index (χ0v) is 28.1. The monoisotopic (exact) mass is 690 g/mol. The molecule has 5 heterocycles. The number of carbonyl (C=O) groups is 1. The van der Waals surface area contributed by atoms with E-state index in [0.29, 0.717) is 48.4 Å². The third kappa shape index (κ3) is 6.10. The summed E-state index contributed by atoms with van der Waals surface area (Å²) >= 11 is 6.39. The number of halogens is 3. The lowest BCUT2D eigenvalue weighted by molar-refractivity contribution is -0.121. The number of fused-ring (bicyclic) bond motifs is 3. The predicted molar refractivity (Wildman–Crippen MR) is 184 cm³/mol.